The summed E-state index contributed by atoms with van der Waals surface area (Å²) in [7, 11) is 1.65. The normalized spacial score (nSPS) is 10.3. The predicted octanol–water partition coefficient (Wildman–Crippen LogP) is 3.92. The lowest BCUT2D eigenvalue weighted by atomic mass is 9.96. The SMILES string of the molecule is COc1c(C)c(C)c(Cl)c(C)c1CCNC(=O)Br. The number of amides is 1. The Bertz CT molecular complexity index is 475. The van der Waals surface area contributed by atoms with Crippen molar-refractivity contribution in [2.75, 3.05) is 13.7 Å². The highest BCUT2D eigenvalue weighted by molar-refractivity contribution is 9.18. The molecule has 0 fully saturated rings. The van der Waals surface area contributed by atoms with Gasteiger partial charge >= 0.3 is 0 Å². The van der Waals surface area contributed by atoms with E-state index in [4.69, 9.17) is 16.3 Å². The minimum atomic E-state index is -0.214. The number of hydrogen-bond donors (Lipinski definition) is 1. The molecule has 0 unspecified atom stereocenters. The Balaban J connectivity index is 3.12. The number of methoxy groups -OCH3 is 1. The zero-order valence-electron chi connectivity index (χ0n) is 11.0. The van der Waals surface area contributed by atoms with E-state index in [0.717, 1.165) is 33.0 Å². The number of halogens is 2. The molecule has 0 bridgehead atoms. The number of hydrogen-bond acceptors (Lipinski definition) is 2. The molecule has 0 aromatic heterocycles. The van der Waals surface area contributed by atoms with Gasteiger partial charge in [0.2, 0.25) is 0 Å². The van der Waals surface area contributed by atoms with Crippen LogP contribution < -0.4 is 10.1 Å². The second kappa shape index (κ2) is 6.43. The summed E-state index contributed by atoms with van der Waals surface area (Å²) in [5.41, 5.74) is 4.15. The van der Waals surface area contributed by atoms with Gasteiger partial charge in [0, 0.05) is 33.1 Å². The molecular weight excluding hydrogens is 318 g/mol. The topological polar surface area (TPSA) is 38.3 Å². The first kappa shape index (κ1) is 15.3. The lowest BCUT2D eigenvalue weighted by molar-refractivity contribution is 0.261. The summed E-state index contributed by atoms with van der Waals surface area (Å²) >= 11 is 9.14. The van der Waals surface area contributed by atoms with Crippen LogP contribution in [0.1, 0.15) is 22.3 Å². The molecule has 1 rings (SSSR count). The van der Waals surface area contributed by atoms with E-state index in [1.54, 1.807) is 7.11 Å². The second-order valence-corrected chi connectivity index (χ2v) is 5.25. The first-order chi connectivity index (χ1) is 8.40. The maximum absolute atomic E-state index is 10.8. The van der Waals surface area contributed by atoms with E-state index in [2.05, 4.69) is 21.2 Å². The number of nitrogens with one attached hydrogen (secondary N) is 1. The van der Waals surface area contributed by atoms with Crippen LogP contribution in [0.3, 0.4) is 0 Å². The monoisotopic (exact) mass is 333 g/mol. The van der Waals surface area contributed by atoms with Crippen LogP contribution in [0.4, 0.5) is 4.79 Å². The van der Waals surface area contributed by atoms with Crippen LogP contribution in [0.25, 0.3) is 0 Å². The lowest BCUT2D eigenvalue weighted by Gasteiger charge is -2.18. The van der Waals surface area contributed by atoms with Crippen LogP contribution in [0.15, 0.2) is 0 Å². The minimum absolute atomic E-state index is 0.214. The number of ether oxygens (including phenoxy) is 1. The van der Waals surface area contributed by atoms with Gasteiger partial charge in [0.25, 0.3) is 4.82 Å². The van der Waals surface area contributed by atoms with Gasteiger partial charge in [-0.15, -0.1) is 0 Å². The van der Waals surface area contributed by atoms with Crippen molar-refractivity contribution < 1.29 is 9.53 Å². The molecule has 0 aliphatic rings. The van der Waals surface area contributed by atoms with Gasteiger partial charge in [0.15, 0.2) is 0 Å². The largest absolute Gasteiger partial charge is 0.496 e. The van der Waals surface area contributed by atoms with Crippen molar-refractivity contribution in [2.24, 2.45) is 0 Å². The Morgan fingerprint density at radius 2 is 1.89 bits per heavy atom. The van der Waals surface area contributed by atoms with Gasteiger partial charge in [0.1, 0.15) is 5.75 Å². The third-order valence-electron chi connectivity index (χ3n) is 3.13. The molecule has 0 heterocycles. The Morgan fingerprint density at radius 3 is 2.39 bits per heavy atom. The molecule has 0 atom stereocenters. The summed E-state index contributed by atoms with van der Waals surface area (Å²) < 4.78 is 5.47. The summed E-state index contributed by atoms with van der Waals surface area (Å²) in [6.45, 7) is 6.49. The molecule has 5 heteroatoms. The molecule has 0 saturated carbocycles. The molecule has 1 aromatic carbocycles. The van der Waals surface area contributed by atoms with E-state index >= 15 is 0 Å². The number of carbonyl (C=O) groups is 1. The maximum Gasteiger partial charge on any atom is 0.287 e. The van der Waals surface area contributed by atoms with Crippen LogP contribution in [0, 0.1) is 20.8 Å². The van der Waals surface area contributed by atoms with E-state index in [0.29, 0.717) is 13.0 Å². The van der Waals surface area contributed by atoms with E-state index < -0.39 is 0 Å². The zero-order valence-corrected chi connectivity index (χ0v) is 13.3. The first-order valence-corrected chi connectivity index (χ1v) is 6.82. The Hall–Kier alpha value is -0.740. The smallest absolute Gasteiger partial charge is 0.287 e. The van der Waals surface area contributed by atoms with Gasteiger partial charge in [0.05, 0.1) is 7.11 Å². The van der Waals surface area contributed by atoms with Crippen molar-refractivity contribution in [1.29, 1.82) is 0 Å². The van der Waals surface area contributed by atoms with Crippen molar-refractivity contribution in [3.8, 4) is 5.75 Å². The number of rotatable bonds is 4. The molecule has 1 N–H and O–H groups in total. The summed E-state index contributed by atoms with van der Waals surface area (Å²) in [6, 6.07) is 0. The quantitative estimate of drug-likeness (QED) is 0.669. The van der Waals surface area contributed by atoms with Crippen molar-refractivity contribution >= 4 is 32.3 Å². The minimum Gasteiger partial charge on any atom is -0.496 e. The van der Waals surface area contributed by atoms with Crippen LogP contribution in [-0.2, 0) is 6.42 Å². The third-order valence-corrected chi connectivity index (χ3v) is 3.98. The summed E-state index contributed by atoms with van der Waals surface area (Å²) in [6.07, 6.45) is 0.688. The fourth-order valence-electron chi connectivity index (χ4n) is 2.01. The number of carbonyl (C=O) groups excluding carboxylic acids is 1. The molecule has 3 nitrogen and oxygen atoms in total. The average Bonchev–Trinajstić information content (AvgIpc) is 2.33. The molecule has 18 heavy (non-hydrogen) atoms. The molecule has 0 radical (unpaired) electrons. The van der Waals surface area contributed by atoms with Crippen molar-refractivity contribution in [3.05, 3.63) is 27.3 Å². The molecule has 1 aromatic rings. The van der Waals surface area contributed by atoms with Gasteiger partial charge in [-0.05, 0) is 43.9 Å². The van der Waals surface area contributed by atoms with Gasteiger partial charge in [-0.25, -0.2) is 0 Å². The van der Waals surface area contributed by atoms with Gasteiger partial charge in [-0.3, -0.25) is 4.79 Å². The summed E-state index contributed by atoms with van der Waals surface area (Å²) in [4.78, 5) is 10.6. The van der Waals surface area contributed by atoms with Crippen molar-refractivity contribution in [1.82, 2.24) is 5.32 Å². The molecule has 0 saturated heterocycles. The lowest BCUT2D eigenvalue weighted by Crippen LogP contribution is -2.20. The zero-order chi connectivity index (χ0) is 13.9. The molecule has 0 aliphatic carbocycles. The standard InChI is InChI=1S/C13H17BrClNO2/c1-7-8(2)12(18-4)10(9(3)11(7)15)5-6-16-13(14)17/h5-6H2,1-4H3,(H,16,17). The van der Waals surface area contributed by atoms with E-state index in [1.807, 2.05) is 20.8 Å². The van der Waals surface area contributed by atoms with Gasteiger partial charge in [-0.2, -0.15) is 0 Å². The molecule has 0 spiro atoms. The van der Waals surface area contributed by atoms with E-state index in [-0.39, 0.29) is 4.82 Å². The first-order valence-electron chi connectivity index (χ1n) is 5.65. The Morgan fingerprint density at radius 1 is 1.28 bits per heavy atom. The third kappa shape index (κ3) is 3.18. The highest BCUT2D eigenvalue weighted by Gasteiger charge is 2.16. The number of benzene rings is 1. The average molecular weight is 335 g/mol. The molecule has 0 aliphatic heterocycles. The van der Waals surface area contributed by atoms with Crippen LogP contribution in [0.2, 0.25) is 5.02 Å². The summed E-state index contributed by atoms with van der Waals surface area (Å²) in [5, 5.41) is 3.48. The van der Waals surface area contributed by atoms with E-state index in [1.165, 1.54) is 0 Å². The van der Waals surface area contributed by atoms with Crippen molar-refractivity contribution in [2.45, 2.75) is 27.2 Å². The highest BCUT2D eigenvalue weighted by Crippen LogP contribution is 2.35. The highest BCUT2D eigenvalue weighted by atomic mass is 79.9. The van der Waals surface area contributed by atoms with Crippen LogP contribution in [0.5, 0.6) is 5.75 Å². The Labute approximate surface area is 121 Å². The molecule has 100 valence electrons. The summed E-state index contributed by atoms with van der Waals surface area (Å²) in [5.74, 6) is 0.859. The van der Waals surface area contributed by atoms with Crippen LogP contribution in [-0.4, -0.2) is 18.5 Å². The van der Waals surface area contributed by atoms with Crippen molar-refractivity contribution in [3.63, 3.8) is 0 Å². The predicted molar refractivity (Wildman–Crippen MR) is 78.2 cm³/mol. The molecular formula is C13H17BrClNO2. The van der Waals surface area contributed by atoms with Gasteiger partial charge < -0.3 is 10.1 Å². The molecule has 1 amide bonds. The Kier molecular flexibility index (Phi) is 5.47. The fourth-order valence-corrected chi connectivity index (χ4v) is 2.46. The van der Waals surface area contributed by atoms with Gasteiger partial charge in [-0.1, -0.05) is 11.6 Å². The second-order valence-electron chi connectivity index (χ2n) is 4.15. The maximum atomic E-state index is 10.8. The van der Waals surface area contributed by atoms with Crippen LogP contribution >= 0.6 is 27.5 Å². The fraction of sp³-hybridized carbons (Fsp3) is 0.462. The van der Waals surface area contributed by atoms with E-state index in [9.17, 15) is 4.79 Å².